The summed E-state index contributed by atoms with van der Waals surface area (Å²) >= 11 is 0. The highest BCUT2D eigenvalue weighted by Crippen LogP contribution is 2.36. The highest BCUT2D eigenvalue weighted by Gasteiger charge is 2.60. The van der Waals surface area contributed by atoms with E-state index in [0.717, 1.165) is 4.90 Å². The summed E-state index contributed by atoms with van der Waals surface area (Å²) < 4.78 is 81.2. The number of likely N-dealkylation sites (tertiary alicyclic amines) is 1. The van der Waals surface area contributed by atoms with E-state index < -0.39 is 36.0 Å². The Morgan fingerprint density at radius 2 is 1.62 bits per heavy atom. The minimum atomic E-state index is -5.79. The molecule has 1 fully saturated rings. The van der Waals surface area contributed by atoms with Crippen LogP contribution in [0.25, 0.3) is 0 Å². The molecule has 1 N–H and O–H groups in total. The summed E-state index contributed by atoms with van der Waals surface area (Å²) in [5.74, 6) is -0.1000. The maximum absolute atomic E-state index is 12.7. The van der Waals surface area contributed by atoms with Crippen molar-refractivity contribution in [3.05, 3.63) is 17.7 Å². The number of piperidine rings is 1. The summed E-state index contributed by atoms with van der Waals surface area (Å²) in [7, 11) is 0. The molecule has 3 heterocycles. The van der Waals surface area contributed by atoms with Crippen molar-refractivity contribution >= 4 is 17.9 Å². The lowest BCUT2D eigenvalue weighted by molar-refractivity contribution is -0.308. The number of nitrogens with zero attached hydrogens (tertiary/aromatic N) is 4. The molecule has 190 valence electrons. The normalized spacial score (nSPS) is 18.5. The molecule has 0 aromatic carbocycles. The number of imidazole rings is 1. The van der Waals surface area contributed by atoms with Gasteiger partial charge in [0.05, 0.1) is 6.54 Å². The number of carbonyl (C=O) groups excluding carboxylic acids is 3. The van der Waals surface area contributed by atoms with Crippen LogP contribution in [0.4, 0.5) is 31.1 Å². The predicted molar refractivity (Wildman–Crippen MR) is 102 cm³/mol. The predicted octanol–water partition coefficient (Wildman–Crippen LogP) is 2.46. The molecular formula is C19H23F6N5O4. The molecule has 9 nitrogen and oxygen atoms in total. The Labute approximate surface area is 190 Å². The van der Waals surface area contributed by atoms with Crippen molar-refractivity contribution in [2.24, 2.45) is 0 Å². The number of hydrogen-bond acceptors (Lipinski definition) is 5. The van der Waals surface area contributed by atoms with Gasteiger partial charge in [0, 0.05) is 44.8 Å². The zero-order valence-electron chi connectivity index (χ0n) is 18.3. The van der Waals surface area contributed by atoms with Crippen molar-refractivity contribution in [1.29, 1.82) is 0 Å². The van der Waals surface area contributed by atoms with Gasteiger partial charge >= 0.3 is 18.4 Å². The smallest absolute Gasteiger partial charge is 0.426 e. The Morgan fingerprint density at radius 3 is 2.15 bits per heavy atom. The van der Waals surface area contributed by atoms with Crippen LogP contribution in [0.2, 0.25) is 0 Å². The van der Waals surface area contributed by atoms with Gasteiger partial charge in [-0.05, 0) is 19.8 Å². The standard InChI is InChI=1S/C19H23F6N5O4/c1-11(31)29-7-8-30-9-12(26-13(30)10-29)14(32)27-17(2)3-5-28(6-4-17)16(33)34-15(18(20,21)22)19(23,24)25/h9,15H,3-8,10H2,1-2H3,(H,27,32). The van der Waals surface area contributed by atoms with Crippen molar-refractivity contribution in [3.63, 3.8) is 0 Å². The third-order valence-electron chi connectivity index (χ3n) is 5.83. The summed E-state index contributed by atoms with van der Waals surface area (Å²) in [6.45, 7) is 3.86. The van der Waals surface area contributed by atoms with Crippen LogP contribution in [0.15, 0.2) is 6.20 Å². The second kappa shape index (κ2) is 8.98. The van der Waals surface area contributed by atoms with Gasteiger partial charge in [-0.15, -0.1) is 0 Å². The monoisotopic (exact) mass is 499 g/mol. The zero-order chi connectivity index (χ0) is 25.5. The van der Waals surface area contributed by atoms with Crippen molar-refractivity contribution in [1.82, 2.24) is 24.7 Å². The molecule has 2 aliphatic heterocycles. The average Bonchev–Trinajstić information content (AvgIpc) is 3.14. The number of ether oxygens (including phenoxy) is 1. The molecule has 1 aromatic heterocycles. The molecular weight excluding hydrogens is 476 g/mol. The van der Waals surface area contributed by atoms with Gasteiger partial charge < -0.3 is 24.4 Å². The van der Waals surface area contributed by atoms with E-state index in [9.17, 15) is 40.7 Å². The van der Waals surface area contributed by atoms with Crippen LogP contribution in [-0.2, 0) is 22.6 Å². The average molecular weight is 499 g/mol. The fourth-order valence-electron chi connectivity index (χ4n) is 3.77. The summed E-state index contributed by atoms with van der Waals surface area (Å²) in [6, 6.07) is 0. The molecule has 1 aromatic rings. The number of halogens is 6. The van der Waals surface area contributed by atoms with E-state index in [1.54, 1.807) is 22.6 Å². The molecule has 0 saturated carbocycles. The first-order valence-electron chi connectivity index (χ1n) is 10.3. The number of carbonyl (C=O) groups is 3. The molecule has 1 saturated heterocycles. The number of aromatic nitrogens is 2. The first-order chi connectivity index (χ1) is 15.6. The third-order valence-corrected chi connectivity index (χ3v) is 5.83. The lowest BCUT2D eigenvalue weighted by atomic mass is 9.89. The number of amides is 3. The number of rotatable bonds is 3. The highest BCUT2D eigenvalue weighted by atomic mass is 19.4. The number of fused-ring (bicyclic) bond motifs is 1. The Hall–Kier alpha value is -3.00. The second-order valence-electron chi connectivity index (χ2n) is 8.53. The lowest BCUT2D eigenvalue weighted by Gasteiger charge is -2.39. The lowest BCUT2D eigenvalue weighted by Crippen LogP contribution is -2.55. The number of hydrogen-bond donors (Lipinski definition) is 1. The van der Waals surface area contributed by atoms with Crippen LogP contribution in [0, 0.1) is 0 Å². The molecule has 0 bridgehead atoms. The first kappa shape index (κ1) is 25.6. The molecule has 3 rings (SSSR count). The van der Waals surface area contributed by atoms with Gasteiger partial charge in [-0.2, -0.15) is 26.3 Å². The number of nitrogens with one attached hydrogen (secondary N) is 1. The molecule has 34 heavy (non-hydrogen) atoms. The van der Waals surface area contributed by atoms with E-state index in [0.29, 0.717) is 18.9 Å². The minimum Gasteiger partial charge on any atom is -0.426 e. The van der Waals surface area contributed by atoms with Gasteiger partial charge in [-0.1, -0.05) is 0 Å². The van der Waals surface area contributed by atoms with Crippen molar-refractivity contribution < 1.29 is 45.5 Å². The SMILES string of the molecule is CC(=O)N1CCn2cc(C(=O)NC3(C)CCN(C(=O)OC(C(F)(F)F)C(F)(F)F)CC3)nc2C1. The Morgan fingerprint density at radius 1 is 1.03 bits per heavy atom. The van der Waals surface area contributed by atoms with Gasteiger partial charge in [0.1, 0.15) is 11.5 Å². The van der Waals surface area contributed by atoms with Crippen molar-refractivity contribution in [2.75, 3.05) is 19.6 Å². The third kappa shape index (κ3) is 5.73. The van der Waals surface area contributed by atoms with Gasteiger partial charge in [-0.25, -0.2) is 9.78 Å². The number of alkyl halides is 6. The van der Waals surface area contributed by atoms with Crippen molar-refractivity contribution in [2.45, 2.75) is 63.8 Å². The quantitative estimate of drug-likeness (QED) is 0.645. The van der Waals surface area contributed by atoms with Crippen LogP contribution in [0.5, 0.6) is 0 Å². The van der Waals surface area contributed by atoms with E-state index in [4.69, 9.17) is 0 Å². The molecule has 0 unspecified atom stereocenters. The molecule has 0 spiro atoms. The molecule has 0 radical (unpaired) electrons. The Bertz CT molecular complexity index is 938. The minimum absolute atomic E-state index is 0.0716. The maximum Gasteiger partial charge on any atom is 0.434 e. The fourth-order valence-corrected chi connectivity index (χ4v) is 3.77. The van der Waals surface area contributed by atoms with E-state index in [1.165, 1.54) is 6.92 Å². The van der Waals surface area contributed by atoms with E-state index in [-0.39, 0.29) is 44.1 Å². The zero-order valence-corrected chi connectivity index (χ0v) is 18.3. The van der Waals surface area contributed by atoms with Crippen LogP contribution < -0.4 is 5.32 Å². The topological polar surface area (TPSA) is 96.8 Å². The van der Waals surface area contributed by atoms with Crippen LogP contribution >= 0.6 is 0 Å². The Balaban J connectivity index is 1.58. The highest BCUT2D eigenvalue weighted by molar-refractivity contribution is 5.92. The first-order valence-corrected chi connectivity index (χ1v) is 10.3. The molecule has 0 atom stereocenters. The summed E-state index contributed by atoms with van der Waals surface area (Å²) in [5.41, 5.74) is -0.765. The molecule has 15 heteroatoms. The van der Waals surface area contributed by atoms with Gasteiger partial charge in [0.2, 0.25) is 5.91 Å². The largest absolute Gasteiger partial charge is 0.434 e. The van der Waals surface area contributed by atoms with Crippen LogP contribution in [-0.4, -0.2) is 80.9 Å². The molecule has 2 aliphatic rings. The van der Waals surface area contributed by atoms with Crippen LogP contribution in [0.3, 0.4) is 0 Å². The second-order valence-corrected chi connectivity index (χ2v) is 8.53. The maximum atomic E-state index is 12.7. The summed E-state index contributed by atoms with van der Waals surface area (Å²) in [4.78, 5) is 42.8. The molecule has 3 amide bonds. The fraction of sp³-hybridized carbons (Fsp3) is 0.684. The summed E-state index contributed by atoms with van der Waals surface area (Å²) in [5, 5.41) is 2.77. The van der Waals surface area contributed by atoms with E-state index in [1.807, 2.05) is 0 Å². The Kier molecular flexibility index (Phi) is 6.77. The van der Waals surface area contributed by atoms with E-state index in [2.05, 4.69) is 15.0 Å². The molecule has 0 aliphatic carbocycles. The van der Waals surface area contributed by atoms with Gasteiger partial charge in [-0.3, -0.25) is 9.59 Å². The van der Waals surface area contributed by atoms with Crippen LogP contribution in [0.1, 0.15) is 43.0 Å². The van der Waals surface area contributed by atoms with E-state index >= 15 is 0 Å². The summed E-state index contributed by atoms with van der Waals surface area (Å²) in [6.07, 6.45) is -15.8. The van der Waals surface area contributed by atoms with Crippen molar-refractivity contribution in [3.8, 4) is 0 Å². The van der Waals surface area contributed by atoms with Gasteiger partial charge in [0.15, 0.2) is 0 Å². The van der Waals surface area contributed by atoms with Gasteiger partial charge in [0.25, 0.3) is 12.0 Å².